The number of nitrogens with two attached hydrogens (primary N) is 2. The normalized spacial score (nSPS) is 11.9. The first-order valence-corrected chi connectivity index (χ1v) is 7.30. The van der Waals surface area contributed by atoms with Gasteiger partial charge in [-0.1, -0.05) is 48.7 Å². The lowest BCUT2D eigenvalue weighted by Gasteiger charge is -2.20. The number of amides is 3. The van der Waals surface area contributed by atoms with Crippen LogP contribution in [0, 0.1) is 5.92 Å². The number of anilines is 1. The number of ether oxygens (including phenoxy) is 1. The molecule has 0 bridgehead atoms. The molecule has 0 aliphatic rings. The number of urea groups is 1. The molecule has 1 heterocycles. The number of hydrogen-bond acceptors (Lipinski definition) is 6. The van der Waals surface area contributed by atoms with Crippen molar-refractivity contribution in [2.45, 2.75) is 20.0 Å². The quantitative estimate of drug-likeness (QED) is 0.537. The van der Waals surface area contributed by atoms with E-state index in [1.165, 1.54) is 0 Å². The highest BCUT2D eigenvalue weighted by atomic mass is 35.5. The van der Waals surface area contributed by atoms with Gasteiger partial charge in [-0.15, -0.1) is 0 Å². The molecule has 1 aromatic heterocycles. The van der Waals surface area contributed by atoms with Crippen LogP contribution in [0.15, 0.2) is 0 Å². The molecule has 1 atom stereocenters. The predicted molar refractivity (Wildman–Crippen MR) is 85.4 cm³/mol. The maximum atomic E-state index is 12.2. The minimum atomic E-state index is -1.30. The first kappa shape index (κ1) is 19.3. The van der Waals surface area contributed by atoms with E-state index in [9.17, 15) is 14.4 Å². The summed E-state index contributed by atoms with van der Waals surface area (Å²) in [6.07, 6.45) is -1.30. The molecular weight excluding hydrogens is 371 g/mol. The number of nitrogen functional groups attached to an aromatic ring is 1. The Hall–Kier alpha value is -1.77. The van der Waals surface area contributed by atoms with E-state index < -0.39 is 35.6 Å². The molecule has 1 rings (SSSR count). The van der Waals surface area contributed by atoms with Crippen molar-refractivity contribution in [1.29, 1.82) is 0 Å². The number of rotatable bonds is 4. The lowest BCUT2D eigenvalue weighted by molar-refractivity contribution is -0.130. The number of esters is 1. The number of aromatic nitrogens is 1. The molecule has 0 fully saturated rings. The monoisotopic (exact) mass is 382 g/mol. The van der Waals surface area contributed by atoms with Gasteiger partial charge >= 0.3 is 12.0 Å². The molecule has 0 unspecified atom stereocenters. The standard InChI is InChI=1S/C12H13Cl3N4O4/c1-3(2)8(10(20)19-12(17)22)23-11(21)7-4(13)6(16)5(14)9(15)18-7/h3,8H,1-2H3,(H2,16,18)(H3,17,19,20,22)/t8-/m1/s1. The Kier molecular flexibility index (Phi) is 6.43. The minimum absolute atomic E-state index is 0.111. The number of carbonyl (C=O) groups excluding carboxylic acids is 3. The third kappa shape index (κ3) is 4.60. The zero-order valence-electron chi connectivity index (χ0n) is 12.0. The van der Waals surface area contributed by atoms with E-state index in [0.717, 1.165) is 0 Å². The predicted octanol–water partition coefficient (Wildman–Crippen LogP) is 2.00. The van der Waals surface area contributed by atoms with E-state index in [1.54, 1.807) is 13.8 Å². The first-order valence-electron chi connectivity index (χ1n) is 6.17. The molecule has 1 aromatic rings. The highest BCUT2D eigenvalue weighted by Crippen LogP contribution is 2.34. The third-order valence-corrected chi connectivity index (χ3v) is 3.75. The summed E-state index contributed by atoms with van der Waals surface area (Å²) in [7, 11) is 0. The van der Waals surface area contributed by atoms with Crippen LogP contribution in [0.2, 0.25) is 15.2 Å². The molecule has 3 amide bonds. The van der Waals surface area contributed by atoms with Crippen LogP contribution in [0.1, 0.15) is 24.3 Å². The second-order valence-electron chi connectivity index (χ2n) is 4.72. The molecule has 126 valence electrons. The summed E-state index contributed by atoms with van der Waals surface area (Å²) in [6, 6.07) is -1.08. The van der Waals surface area contributed by atoms with Gasteiger partial charge in [-0.2, -0.15) is 0 Å². The van der Waals surface area contributed by atoms with Crippen LogP contribution in [0.5, 0.6) is 0 Å². The summed E-state index contributed by atoms with van der Waals surface area (Å²) in [4.78, 5) is 38.4. The first-order chi connectivity index (χ1) is 10.6. The molecule has 23 heavy (non-hydrogen) atoms. The molecule has 0 aliphatic carbocycles. The molecule has 11 heteroatoms. The van der Waals surface area contributed by atoms with Crippen LogP contribution in [0.3, 0.4) is 0 Å². The summed E-state index contributed by atoms with van der Waals surface area (Å²) in [5, 5.41) is 1.21. The zero-order chi connectivity index (χ0) is 17.9. The molecule has 0 spiro atoms. The van der Waals surface area contributed by atoms with Gasteiger partial charge in [0, 0.05) is 0 Å². The van der Waals surface area contributed by atoms with Crippen molar-refractivity contribution in [2.24, 2.45) is 11.7 Å². The van der Waals surface area contributed by atoms with Crippen molar-refractivity contribution < 1.29 is 19.1 Å². The van der Waals surface area contributed by atoms with Crippen molar-refractivity contribution in [3.05, 3.63) is 20.9 Å². The summed E-state index contributed by atoms with van der Waals surface area (Å²) in [5.74, 6) is -2.40. The second kappa shape index (κ2) is 7.67. The highest BCUT2D eigenvalue weighted by molar-refractivity contribution is 6.46. The van der Waals surface area contributed by atoms with Crippen LogP contribution in [-0.4, -0.2) is 29.0 Å². The van der Waals surface area contributed by atoms with Crippen molar-refractivity contribution in [3.8, 4) is 0 Å². The van der Waals surface area contributed by atoms with Crippen molar-refractivity contribution in [1.82, 2.24) is 10.3 Å². The molecule has 0 aromatic carbocycles. The van der Waals surface area contributed by atoms with Crippen molar-refractivity contribution in [2.75, 3.05) is 5.73 Å². The van der Waals surface area contributed by atoms with E-state index in [2.05, 4.69) is 4.98 Å². The van der Waals surface area contributed by atoms with E-state index in [1.807, 2.05) is 5.32 Å². The lowest BCUT2D eigenvalue weighted by atomic mass is 10.1. The molecule has 0 radical (unpaired) electrons. The fraction of sp³-hybridized carbons (Fsp3) is 0.333. The number of primary amides is 1. The summed E-state index contributed by atoms with van der Waals surface area (Å²) >= 11 is 17.4. The van der Waals surface area contributed by atoms with Gasteiger partial charge < -0.3 is 16.2 Å². The lowest BCUT2D eigenvalue weighted by Crippen LogP contribution is -2.45. The van der Waals surface area contributed by atoms with Crippen LogP contribution in [-0.2, 0) is 9.53 Å². The number of pyridine rings is 1. The van der Waals surface area contributed by atoms with Crippen LogP contribution in [0.4, 0.5) is 10.5 Å². The van der Waals surface area contributed by atoms with Crippen LogP contribution >= 0.6 is 34.8 Å². The van der Waals surface area contributed by atoms with Gasteiger partial charge in [0.2, 0.25) is 0 Å². The Morgan fingerprint density at radius 3 is 2.22 bits per heavy atom. The number of halogens is 3. The molecule has 0 saturated carbocycles. The van der Waals surface area contributed by atoms with Crippen molar-refractivity contribution in [3.63, 3.8) is 0 Å². The fourth-order valence-corrected chi connectivity index (χ4v) is 2.11. The Bertz CT molecular complexity index is 666. The van der Waals surface area contributed by atoms with Gasteiger partial charge in [-0.3, -0.25) is 10.1 Å². The van der Waals surface area contributed by atoms with E-state index in [0.29, 0.717) is 0 Å². The maximum absolute atomic E-state index is 12.2. The summed E-state index contributed by atoms with van der Waals surface area (Å²) in [5.41, 5.74) is 9.90. The van der Waals surface area contributed by atoms with E-state index in [4.69, 9.17) is 51.0 Å². The smallest absolute Gasteiger partial charge is 0.359 e. The largest absolute Gasteiger partial charge is 0.447 e. The Balaban J connectivity index is 3.10. The minimum Gasteiger partial charge on any atom is -0.447 e. The maximum Gasteiger partial charge on any atom is 0.359 e. The van der Waals surface area contributed by atoms with Gasteiger partial charge in [0.1, 0.15) is 5.02 Å². The van der Waals surface area contributed by atoms with Gasteiger partial charge in [-0.25, -0.2) is 14.6 Å². The number of carbonyl (C=O) groups is 3. The topological polar surface area (TPSA) is 137 Å². The number of imide groups is 1. The van der Waals surface area contributed by atoms with Gasteiger partial charge in [0.25, 0.3) is 5.91 Å². The zero-order valence-corrected chi connectivity index (χ0v) is 14.3. The summed E-state index contributed by atoms with van der Waals surface area (Å²) in [6.45, 7) is 3.19. The highest BCUT2D eigenvalue weighted by Gasteiger charge is 2.30. The average Bonchev–Trinajstić information content (AvgIpc) is 2.44. The van der Waals surface area contributed by atoms with Crippen LogP contribution < -0.4 is 16.8 Å². The molecule has 0 aliphatic heterocycles. The van der Waals surface area contributed by atoms with Crippen LogP contribution in [0.25, 0.3) is 0 Å². The Morgan fingerprint density at radius 1 is 1.17 bits per heavy atom. The van der Waals surface area contributed by atoms with E-state index >= 15 is 0 Å². The third-order valence-electron chi connectivity index (χ3n) is 2.61. The van der Waals surface area contributed by atoms with Crippen molar-refractivity contribution >= 4 is 58.4 Å². The Labute approximate surface area is 146 Å². The molecule has 0 saturated heterocycles. The molecule has 5 N–H and O–H groups in total. The Morgan fingerprint density at radius 2 is 1.74 bits per heavy atom. The molecular formula is C12H13Cl3N4O4. The van der Waals surface area contributed by atoms with Gasteiger partial charge in [0.05, 0.1) is 10.7 Å². The number of nitrogens with one attached hydrogen (secondary N) is 1. The average molecular weight is 384 g/mol. The van der Waals surface area contributed by atoms with Gasteiger partial charge in [0.15, 0.2) is 17.0 Å². The second-order valence-corrected chi connectivity index (χ2v) is 5.83. The fourth-order valence-electron chi connectivity index (χ4n) is 1.52. The molecule has 8 nitrogen and oxygen atoms in total. The SMILES string of the molecule is CC(C)[C@@H](OC(=O)c1nc(Cl)c(Cl)c(N)c1Cl)C(=O)NC(N)=O. The summed E-state index contributed by atoms with van der Waals surface area (Å²) < 4.78 is 5.03. The van der Waals surface area contributed by atoms with Gasteiger partial charge in [-0.05, 0) is 5.92 Å². The number of hydrogen-bond donors (Lipinski definition) is 3. The number of nitrogens with zero attached hydrogens (tertiary/aromatic N) is 1. The van der Waals surface area contributed by atoms with E-state index in [-0.39, 0.29) is 20.9 Å².